The van der Waals surface area contributed by atoms with Crippen LogP contribution in [-0.4, -0.2) is 20.8 Å². The van der Waals surface area contributed by atoms with Crippen molar-refractivity contribution in [2.45, 2.75) is 38.9 Å². The van der Waals surface area contributed by atoms with Crippen LogP contribution < -0.4 is 10.1 Å². The van der Waals surface area contributed by atoms with Crippen LogP contribution in [0.4, 0.5) is 0 Å². The Balaban J connectivity index is 1.32. The number of rotatable bonds is 5. The molecule has 0 saturated heterocycles. The van der Waals surface area contributed by atoms with Crippen molar-refractivity contribution in [2.75, 3.05) is 0 Å². The maximum Gasteiger partial charge on any atom is 0.290 e. The van der Waals surface area contributed by atoms with Gasteiger partial charge in [-0.15, -0.1) is 0 Å². The predicted molar refractivity (Wildman–Crippen MR) is 88.9 cm³/mol. The van der Waals surface area contributed by atoms with Crippen molar-refractivity contribution < 1.29 is 9.15 Å². The minimum atomic E-state index is 0.377. The van der Waals surface area contributed by atoms with E-state index in [1.807, 2.05) is 54.1 Å². The average molecular weight is 324 g/mol. The van der Waals surface area contributed by atoms with Crippen molar-refractivity contribution in [3.8, 4) is 11.7 Å². The highest BCUT2D eigenvalue weighted by atomic mass is 16.6. The van der Waals surface area contributed by atoms with Gasteiger partial charge in [-0.2, -0.15) is 5.10 Å². The molecule has 1 aliphatic rings. The average Bonchev–Trinajstić information content (AvgIpc) is 3.18. The molecule has 24 heavy (non-hydrogen) atoms. The molecule has 1 atom stereocenters. The zero-order valence-electron chi connectivity index (χ0n) is 13.6. The van der Waals surface area contributed by atoms with E-state index in [0.29, 0.717) is 18.5 Å². The first-order valence-corrected chi connectivity index (χ1v) is 8.21. The van der Waals surface area contributed by atoms with Gasteiger partial charge in [-0.05, 0) is 31.5 Å². The second-order valence-corrected chi connectivity index (χ2v) is 6.01. The second kappa shape index (κ2) is 6.49. The van der Waals surface area contributed by atoms with E-state index >= 15 is 0 Å². The summed E-state index contributed by atoms with van der Waals surface area (Å²) >= 11 is 0. The molecular weight excluding hydrogens is 304 g/mol. The van der Waals surface area contributed by atoms with E-state index in [4.69, 9.17) is 9.15 Å². The molecule has 0 aliphatic carbocycles. The topological polar surface area (TPSA) is 65.1 Å². The number of benzene rings is 1. The van der Waals surface area contributed by atoms with Gasteiger partial charge in [0.25, 0.3) is 5.95 Å². The lowest BCUT2D eigenvalue weighted by molar-refractivity contribution is 0.311. The molecule has 3 heterocycles. The molecule has 6 nitrogen and oxygen atoms in total. The summed E-state index contributed by atoms with van der Waals surface area (Å²) in [5.74, 6) is 4.08. The Morgan fingerprint density at radius 1 is 1.25 bits per heavy atom. The molecule has 0 spiro atoms. The fraction of sp³-hybridized carbons (Fsp3) is 0.333. The Kier molecular flexibility index (Phi) is 4.04. The van der Waals surface area contributed by atoms with Crippen LogP contribution in [0.25, 0.3) is 0 Å². The molecule has 4 rings (SSSR count). The van der Waals surface area contributed by atoms with Gasteiger partial charge in [0.05, 0.1) is 13.1 Å². The second-order valence-electron chi connectivity index (χ2n) is 6.01. The van der Waals surface area contributed by atoms with Gasteiger partial charge in [0.15, 0.2) is 0 Å². The van der Waals surface area contributed by atoms with Crippen molar-refractivity contribution in [2.24, 2.45) is 0 Å². The fourth-order valence-corrected chi connectivity index (χ4v) is 2.96. The number of hydrogen-bond acceptors (Lipinski definition) is 5. The molecular formula is C18H20N4O2. The largest absolute Gasteiger partial charge is 0.429 e. The normalized spacial score (nSPS) is 16.8. The Morgan fingerprint density at radius 3 is 3.00 bits per heavy atom. The molecule has 6 heteroatoms. The fourth-order valence-electron chi connectivity index (χ4n) is 2.96. The van der Waals surface area contributed by atoms with E-state index in [-0.39, 0.29) is 0 Å². The third-order valence-corrected chi connectivity index (χ3v) is 4.13. The molecule has 1 aliphatic heterocycles. The summed E-state index contributed by atoms with van der Waals surface area (Å²) in [5, 5.41) is 7.96. The first-order valence-electron chi connectivity index (χ1n) is 8.21. The SMILES string of the molecule is Cc1nc2n(n1)C[C@@H](NCc1ccc(Oc3ccccc3)o1)CC2. The number of aromatic nitrogens is 3. The molecule has 3 aromatic rings. The molecule has 0 fully saturated rings. The zero-order chi connectivity index (χ0) is 16.4. The summed E-state index contributed by atoms with van der Waals surface area (Å²) in [6.07, 6.45) is 2.02. The number of aryl methyl sites for hydroxylation is 2. The summed E-state index contributed by atoms with van der Waals surface area (Å²) in [6.45, 7) is 3.46. The number of nitrogens with zero attached hydrogens (tertiary/aromatic N) is 3. The predicted octanol–water partition coefficient (Wildman–Crippen LogP) is 3.08. The maximum atomic E-state index is 5.73. The smallest absolute Gasteiger partial charge is 0.290 e. The molecule has 124 valence electrons. The zero-order valence-corrected chi connectivity index (χ0v) is 13.6. The highest BCUT2D eigenvalue weighted by Gasteiger charge is 2.20. The Hall–Kier alpha value is -2.60. The van der Waals surface area contributed by atoms with Crippen LogP contribution in [0.5, 0.6) is 11.7 Å². The number of hydrogen-bond donors (Lipinski definition) is 1. The minimum Gasteiger partial charge on any atom is -0.429 e. The third kappa shape index (κ3) is 3.33. The molecule has 0 radical (unpaired) electrons. The maximum absolute atomic E-state index is 5.73. The first-order chi connectivity index (χ1) is 11.8. The van der Waals surface area contributed by atoms with Gasteiger partial charge < -0.3 is 14.5 Å². The lowest BCUT2D eigenvalue weighted by atomic mass is 10.1. The number of furan rings is 1. The highest BCUT2D eigenvalue weighted by Crippen LogP contribution is 2.23. The van der Waals surface area contributed by atoms with E-state index in [9.17, 15) is 0 Å². The van der Waals surface area contributed by atoms with Crippen molar-refractivity contribution in [3.05, 3.63) is 59.9 Å². The molecule has 0 unspecified atom stereocenters. The van der Waals surface area contributed by atoms with Crippen LogP contribution in [0.15, 0.2) is 46.9 Å². The highest BCUT2D eigenvalue weighted by molar-refractivity contribution is 5.26. The summed E-state index contributed by atoms with van der Waals surface area (Å²) in [4.78, 5) is 4.44. The van der Waals surface area contributed by atoms with Crippen molar-refractivity contribution >= 4 is 0 Å². The lowest BCUT2D eigenvalue weighted by Gasteiger charge is -2.23. The molecule has 0 bridgehead atoms. The van der Waals surface area contributed by atoms with E-state index < -0.39 is 0 Å². The molecule has 0 saturated carbocycles. The van der Waals surface area contributed by atoms with Crippen LogP contribution in [0.2, 0.25) is 0 Å². The monoisotopic (exact) mass is 324 g/mol. The van der Waals surface area contributed by atoms with Gasteiger partial charge in [0.2, 0.25) is 0 Å². The quantitative estimate of drug-likeness (QED) is 0.781. The summed E-state index contributed by atoms with van der Waals surface area (Å²) in [6, 6.07) is 13.8. The van der Waals surface area contributed by atoms with Gasteiger partial charge in [-0.1, -0.05) is 18.2 Å². The summed E-state index contributed by atoms with van der Waals surface area (Å²) < 4.78 is 13.4. The van der Waals surface area contributed by atoms with Crippen LogP contribution in [-0.2, 0) is 19.5 Å². The van der Waals surface area contributed by atoms with E-state index in [2.05, 4.69) is 15.4 Å². The van der Waals surface area contributed by atoms with Crippen LogP contribution in [0.3, 0.4) is 0 Å². The molecule has 1 N–H and O–H groups in total. The van der Waals surface area contributed by atoms with Gasteiger partial charge in [-0.3, -0.25) is 0 Å². The molecule has 0 amide bonds. The molecule has 1 aromatic carbocycles. The number of nitrogens with one attached hydrogen (secondary N) is 1. The lowest BCUT2D eigenvalue weighted by Crippen LogP contribution is -2.37. The Bertz CT molecular complexity index is 810. The summed E-state index contributed by atoms with van der Waals surface area (Å²) in [5.41, 5.74) is 0. The minimum absolute atomic E-state index is 0.377. The van der Waals surface area contributed by atoms with Crippen molar-refractivity contribution in [1.29, 1.82) is 0 Å². The van der Waals surface area contributed by atoms with E-state index in [0.717, 1.165) is 42.5 Å². The Labute approximate surface area is 140 Å². The van der Waals surface area contributed by atoms with Gasteiger partial charge >= 0.3 is 0 Å². The number of para-hydroxylation sites is 1. The first kappa shape index (κ1) is 15.0. The standard InChI is InChI=1S/C18H20N4O2/c1-13-20-17-9-7-14(12-22(17)21-13)19-11-16-8-10-18(24-16)23-15-5-3-2-4-6-15/h2-6,8,10,14,19H,7,9,11-12H2,1H3/t14-/m0/s1. The van der Waals surface area contributed by atoms with Gasteiger partial charge in [-0.25, -0.2) is 9.67 Å². The van der Waals surface area contributed by atoms with E-state index in [1.54, 1.807) is 0 Å². The van der Waals surface area contributed by atoms with Crippen molar-refractivity contribution in [3.63, 3.8) is 0 Å². The van der Waals surface area contributed by atoms with Gasteiger partial charge in [0, 0.05) is 18.5 Å². The third-order valence-electron chi connectivity index (χ3n) is 4.13. The van der Waals surface area contributed by atoms with Crippen LogP contribution in [0.1, 0.15) is 23.8 Å². The summed E-state index contributed by atoms with van der Waals surface area (Å²) in [7, 11) is 0. The number of fused-ring (bicyclic) bond motifs is 1. The van der Waals surface area contributed by atoms with Gasteiger partial charge in [0.1, 0.15) is 23.2 Å². The van der Waals surface area contributed by atoms with Crippen LogP contribution >= 0.6 is 0 Å². The molecule has 2 aromatic heterocycles. The van der Waals surface area contributed by atoms with E-state index in [1.165, 1.54) is 0 Å². The Morgan fingerprint density at radius 2 is 2.12 bits per heavy atom. The van der Waals surface area contributed by atoms with Crippen LogP contribution in [0, 0.1) is 6.92 Å². The number of ether oxygens (including phenoxy) is 1. The van der Waals surface area contributed by atoms with Crippen molar-refractivity contribution in [1.82, 2.24) is 20.1 Å².